The number of benzene rings is 2. The van der Waals surface area contributed by atoms with E-state index in [1.165, 1.54) is 29.7 Å². The van der Waals surface area contributed by atoms with Crippen molar-refractivity contribution in [2.45, 2.75) is 26.2 Å². The fraction of sp³-hybridized carbons (Fsp3) is 0.182. The van der Waals surface area contributed by atoms with Gasteiger partial charge in [0.25, 0.3) is 0 Å². The van der Waals surface area contributed by atoms with Crippen LogP contribution in [0.5, 0.6) is 5.88 Å². The number of nitrogens with zero attached hydrogens (tertiary/aromatic N) is 2. The first-order valence-corrected chi connectivity index (χ1v) is 10.3. The number of para-hydroxylation sites is 1. The highest BCUT2D eigenvalue weighted by atomic mass is 32.1. The van der Waals surface area contributed by atoms with Crippen molar-refractivity contribution in [1.82, 2.24) is 4.57 Å². The van der Waals surface area contributed by atoms with Gasteiger partial charge in [-0.3, -0.25) is 9.56 Å². The predicted molar refractivity (Wildman–Crippen MR) is 117 cm³/mol. The Labute approximate surface area is 168 Å². The molecular weight excluding hydrogens is 372 g/mol. The molecule has 1 aliphatic rings. The van der Waals surface area contributed by atoms with Crippen molar-refractivity contribution < 1.29 is 5.11 Å². The van der Waals surface area contributed by atoms with Crippen LogP contribution in [0.1, 0.15) is 35.8 Å². The third kappa shape index (κ3) is 3.53. The molecule has 0 aliphatic carbocycles. The zero-order valence-electron chi connectivity index (χ0n) is 15.1. The first-order valence-electron chi connectivity index (χ1n) is 9.06. The maximum Gasteiger partial charge on any atom is 0.215 e. The van der Waals surface area contributed by atoms with Crippen LogP contribution in [0, 0.1) is 3.95 Å². The Hall–Kier alpha value is -2.50. The average molecular weight is 393 g/mol. The van der Waals surface area contributed by atoms with Gasteiger partial charge < -0.3 is 5.11 Å². The van der Waals surface area contributed by atoms with Gasteiger partial charge in [-0.2, -0.15) is 0 Å². The van der Waals surface area contributed by atoms with Crippen LogP contribution in [0.4, 0.5) is 5.69 Å². The molecule has 5 heteroatoms. The lowest BCUT2D eigenvalue weighted by Gasteiger charge is -2.06. The molecule has 2 aromatic carbocycles. The van der Waals surface area contributed by atoms with E-state index >= 15 is 0 Å². The van der Waals surface area contributed by atoms with E-state index in [1.54, 1.807) is 4.57 Å². The van der Waals surface area contributed by atoms with Crippen LogP contribution < -0.4 is 0 Å². The lowest BCUT2D eigenvalue weighted by molar-refractivity contribution is 0.441. The van der Waals surface area contributed by atoms with Crippen molar-refractivity contribution >= 4 is 47.1 Å². The Bertz CT molecular complexity index is 1090. The van der Waals surface area contributed by atoms with E-state index < -0.39 is 0 Å². The molecule has 0 radical (unpaired) electrons. The van der Waals surface area contributed by atoms with Gasteiger partial charge in [0.1, 0.15) is 0 Å². The van der Waals surface area contributed by atoms with Crippen LogP contribution in [0.2, 0.25) is 0 Å². The molecule has 4 rings (SSSR count). The molecule has 0 saturated carbocycles. The van der Waals surface area contributed by atoms with Gasteiger partial charge in [0.15, 0.2) is 3.95 Å². The highest BCUT2D eigenvalue weighted by molar-refractivity contribution is 7.73. The molecule has 0 atom stereocenters. The minimum Gasteiger partial charge on any atom is -0.493 e. The second-order valence-electron chi connectivity index (χ2n) is 6.54. The Morgan fingerprint density at radius 3 is 2.70 bits per heavy atom. The molecule has 2 heterocycles. The fourth-order valence-electron chi connectivity index (χ4n) is 3.19. The van der Waals surface area contributed by atoms with E-state index in [0.29, 0.717) is 3.95 Å². The summed E-state index contributed by atoms with van der Waals surface area (Å²) < 4.78 is 2.36. The summed E-state index contributed by atoms with van der Waals surface area (Å²) in [7, 11) is 0. The van der Waals surface area contributed by atoms with Crippen molar-refractivity contribution in [2.24, 2.45) is 4.99 Å². The second kappa shape index (κ2) is 7.62. The summed E-state index contributed by atoms with van der Waals surface area (Å²) in [4.78, 5) is 5.17. The zero-order valence-corrected chi connectivity index (χ0v) is 16.7. The van der Waals surface area contributed by atoms with E-state index in [2.05, 4.69) is 24.0 Å². The molecule has 3 aromatic rings. The first-order chi connectivity index (χ1) is 13.2. The van der Waals surface area contributed by atoms with Crippen molar-refractivity contribution in [3.05, 3.63) is 68.5 Å². The number of hydrogen-bond donors (Lipinski definition) is 1. The van der Waals surface area contributed by atoms with Crippen LogP contribution in [-0.2, 0) is 6.42 Å². The van der Waals surface area contributed by atoms with Gasteiger partial charge in [-0.15, -0.1) is 11.3 Å². The fourth-order valence-corrected chi connectivity index (χ4v) is 4.49. The Morgan fingerprint density at radius 2 is 1.93 bits per heavy atom. The van der Waals surface area contributed by atoms with Crippen LogP contribution >= 0.6 is 23.6 Å². The largest absolute Gasteiger partial charge is 0.493 e. The van der Waals surface area contributed by atoms with E-state index in [-0.39, 0.29) is 5.88 Å². The van der Waals surface area contributed by atoms with Crippen LogP contribution in [0.25, 0.3) is 17.3 Å². The van der Waals surface area contributed by atoms with Crippen LogP contribution in [-0.4, -0.2) is 15.9 Å². The summed E-state index contributed by atoms with van der Waals surface area (Å²) in [6.45, 7) is 2.20. The number of fused-ring (bicyclic) bond motifs is 1. The standard InChI is InChI=1S/C22H20N2OS2/c1-2-3-6-15-9-11-17(12-10-15)24-21(25)20(27-22(24)26)13-16-14-23-19-8-5-4-7-18(16)19/h4-5,7-14,25H,2-3,6H2,1H3/b16-13+. The molecule has 3 nitrogen and oxygen atoms in total. The summed E-state index contributed by atoms with van der Waals surface area (Å²) in [6.07, 6.45) is 7.23. The van der Waals surface area contributed by atoms with Crippen LogP contribution in [0.15, 0.2) is 53.5 Å². The molecule has 0 saturated heterocycles. The zero-order chi connectivity index (χ0) is 18.8. The number of hydrogen-bond acceptors (Lipinski definition) is 4. The lowest BCUT2D eigenvalue weighted by Crippen LogP contribution is -1.94. The summed E-state index contributed by atoms with van der Waals surface area (Å²) >= 11 is 6.93. The number of aromatic nitrogens is 1. The van der Waals surface area contributed by atoms with E-state index in [9.17, 15) is 5.11 Å². The SMILES string of the molecule is CCCCc1ccc(-n2c(O)c(/C=C3\C=Nc4ccccc43)sc2=S)cc1. The Balaban J connectivity index is 1.68. The third-order valence-corrected chi connectivity index (χ3v) is 5.98. The molecule has 0 unspecified atom stereocenters. The summed E-state index contributed by atoms with van der Waals surface area (Å²) in [5.74, 6) is 0.177. The minimum atomic E-state index is 0.177. The summed E-state index contributed by atoms with van der Waals surface area (Å²) in [5.41, 5.74) is 5.21. The van der Waals surface area contributed by atoms with Crippen LogP contribution in [0.3, 0.4) is 0 Å². The van der Waals surface area contributed by atoms with Crippen molar-refractivity contribution in [1.29, 1.82) is 0 Å². The van der Waals surface area contributed by atoms with Gasteiger partial charge in [-0.25, -0.2) is 0 Å². The number of aromatic hydroxyl groups is 1. The van der Waals surface area contributed by atoms with E-state index in [0.717, 1.165) is 33.8 Å². The second-order valence-corrected chi connectivity index (χ2v) is 8.21. The molecule has 0 bridgehead atoms. The average Bonchev–Trinajstić information content (AvgIpc) is 3.22. The number of rotatable bonds is 5. The normalized spacial score (nSPS) is 14.0. The van der Waals surface area contributed by atoms with Gasteiger partial charge in [-0.1, -0.05) is 43.7 Å². The molecule has 0 fully saturated rings. The highest BCUT2D eigenvalue weighted by Gasteiger charge is 2.16. The van der Waals surface area contributed by atoms with Gasteiger partial charge >= 0.3 is 0 Å². The molecule has 136 valence electrons. The lowest BCUT2D eigenvalue weighted by atomic mass is 10.1. The van der Waals surface area contributed by atoms with E-state index in [4.69, 9.17) is 12.2 Å². The number of allylic oxidation sites excluding steroid dienone is 1. The Morgan fingerprint density at radius 1 is 1.15 bits per heavy atom. The predicted octanol–water partition coefficient (Wildman–Crippen LogP) is 6.57. The third-order valence-electron chi connectivity index (χ3n) is 4.67. The topological polar surface area (TPSA) is 37.5 Å². The number of aryl methyl sites for hydroxylation is 1. The van der Waals surface area contributed by atoms with Gasteiger partial charge in [0.05, 0.1) is 16.3 Å². The van der Waals surface area contributed by atoms with Gasteiger partial charge in [0.2, 0.25) is 5.88 Å². The monoisotopic (exact) mass is 392 g/mol. The summed E-state index contributed by atoms with van der Waals surface area (Å²) in [5, 5.41) is 10.8. The summed E-state index contributed by atoms with van der Waals surface area (Å²) in [6, 6.07) is 16.3. The highest BCUT2D eigenvalue weighted by Crippen LogP contribution is 2.36. The Kier molecular flexibility index (Phi) is 5.05. The van der Waals surface area contributed by atoms with Crippen molar-refractivity contribution in [3.8, 4) is 11.6 Å². The van der Waals surface area contributed by atoms with Crippen molar-refractivity contribution in [3.63, 3.8) is 0 Å². The minimum absolute atomic E-state index is 0.177. The van der Waals surface area contributed by atoms with Gasteiger partial charge in [0, 0.05) is 17.4 Å². The molecule has 0 spiro atoms. The maximum atomic E-state index is 10.8. The molecule has 1 N–H and O–H groups in total. The molecule has 1 aliphatic heterocycles. The quantitative estimate of drug-likeness (QED) is 0.498. The molecular formula is C22H20N2OS2. The molecule has 27 heavy (non-hydrogen) atoms. The smallest absolute Gasteiger partial charge is 0.215 e. The van der Waals surface area contributed by atoms with Crippen molar-refractivity contribution in [2.75, 3.05) is 0 Å². The molecule has 1 aromatic heterocycles. The maximum absolute atomic E-state index is 10.8. The number of unbranched alkanes of at least 4 members (excludes halogenated alkanes) is 1. The molecule has 0 amide bonds. The number of thiazole rings is 1. The van der Waals surface area contributed by atoms with Gasteiger partial charge in [-0.05, 0) is 54.9 Å². The first kappa shape index (κ1) is 17.9. The van der Waals surface area contributed by atoms with E-state index in [1.807, 2.05) is 48.7 Å². The number of aliphatic imine (C=N–C) groups is 1.